The zero-order valence-electron chi connectivity index (χ0n) is 5.73. The molecule has 0 aromatic rings. The molecule has 1 atom stereocenters. The van der Waals surface area contributed by atoms with Crippen LogP contribution in [0.1, 0.15) is 0 Å². The van der Waals surface area contributed by atoms with Crippen molar-refractivity contribution in [2.24, 2.45) is 0 Å². The molecular formula is C5H6O6. The maximum atomic E-state index is 10.4. The van der Waals surface area contributed by atoms with Gasteiger partial charge in [-0.15, -0.1) is 0 Å². The standard InChI is InChI=1S/C5H6O6/c1-8-4(6)10-3-2-9-5(7)11-3/h3H,2H2,1H3. The molecule has 6 heteroatoms. The summed E-state index contributed by atoms with van der Waals surface area (Å²) in [5.41, 5.74) is 0. The fourth-order valence-electron chi connectivity index (χ4n) is 0.525. The van der Waals surface area contributed by atoms with E-state index in [1.165, 1.54) is 0 Å². The highest BCUT2D eigenvalue weighted by molar-refractivity contribution is 5.63. The van der Waals surface area contributed by atoms with Crippen LogP contribution < -0.4 is 0 Å². The summed E-state index contributed by atoms with van der Waals surface area (Å²) in [6.45, 7) is -0.0894. The number of hydrogen-bond acceptors (Lipinski definition) is 6. The number of carbonyl (C=O) groups excluding carboxylic acids is 2. The summed E-state index contributed by atoms with van der Waals surface area (Å²) >= 11 is 0. The van der Waals surface area contributed by atoms with Crippen molar-refractivity contribution < 1.29 is 28.5 Å². The van der Waals surface area contributed by atoms with Gasteiger partial charge in [-0.3, -0.25) is 0 Å². The Balaban J connectivity index is 2.28. The van der Waals surface area contributed by atoms with Gasteiger partial charge < -0.3 is 18.9 Å². The SMILES string of the molecule is COC(=O)OC1COC(=O)O1. The van der Waals surface area contributed by atoms with Gasteiger partial charge in [-0.25, -0.2) is 9.59 Å². The predicted octanol–water partition coefficient (Wildman–Crippen LogP) is 0.262. The lowest BCUT2D eigenvalue weighted by atomic mass is 10.7. The molecule has 0 aromatic carbocycles. The largest absolute Gasteiger partial charge is 0.511 e. The molecule has 1 aliphatic rings. The topological polar surface area (TPSA) is 71.1 Å². The minimum absolute atomic E-state index is 0.0894. The molecule has 1 saturated heterocycles. The second kappa shape index (κ2) is 3.09. The number of carbonyl (C=O) groups is 2. The van der Waals surface area contributed by atoms with Crippen LogP contribution in [0.4, 0.5) is 9.59 Å². The molecule has 0 radical (unpaired) electrons. The Kier molecular flexibility index (Phi) is 2.15. The molecule has 0 aromatic heterocycles. The first-order valence-electron chi connectivity index (χ1n) is 2.80. The Morgan fingerprint density at radius 2 is 2.45 bits per heavy atom. The molecule has 0 bridgehead atoms. The van der Waals surface area contributed by atoms with Gasteiger partial charge in [0.25, 0.3) is 6.29 Å². The van der Waals surface area contributed by atoms with Crippen LogP contribution in [0.15, 0.2) is 0 Å². The van der Waals surface area contributed by atoms with Gasteiger partial charge in [-0.1, -0.05) is 0 Å². The minimum atomic E-state index is -0.977. The first-order chi connectivity index (χ1) is 5.22. The third kappa shape index (κ3) is 1.99. The number of cyclic esters (lactones) is 2. The molecule has 1 fully saturated rings. The third-order valence-electron chi connectivity index (χ3n) is 0.959. The van der Waals surface area contributed by atoms with Crippen molar-refractivity contribution in [3.05, 3.63) is 0 Å². The van der Waals surface area contributed by atoms with Crippen LogP contribution in [0.25, 0.3) is 0 Å². The molecule has 1 heterocycles. The monoisotopic (exact) mass is 162 g/mol. The molecule has 6 nitrogen and oxygen atoms in total. The molecule has 1 aliphatic heterocycles. The zero-order valence-corrected chi connectivity index (χ0v) is 5.73. The summed E-state index contributed by atoms with van der Waals surface area (Å²) in [4.78, 5) is 20.6. The van der Waals surface area contributed by atoms with Crippen LogP contribution in [0, 0.1) is 0 Å². The summed E-state index contributed by atoms with van der Waals surface area (Å²) in [7, 11) is 1.15. The lowest BCUT2D eigenvalue weighted by Gasteiger charge is -2.05. The van der Waals surface area contributed by atoms with Crippen LogP contribution in [0.3, 0.4) is 0 Å². The van der Waals surface area contributed by atoms with Crippen LogP contribution in [0.5, 0.6) is 0 Å². The average Bonchev–Trinajstić information content (AvgIpc) is 2.35. The van der Waals surface area contributed by atoms with Crippen molar-refractivity contribution in [2.45, 2.75) is 6.29 Å². The number of ether oxygens (including phenoxy) is 4. The number of rotatable bonds is 1. The molecule has 0 saturated carbocycles. The first-order valence-corrected chi connectivity index (χ1v) is 2.80. The summed E-state index contributed by atoms with van der Waals surface area (Å²) in [5, 5.41) is 0. The van der Waals surface area contributed by atoms with E-state index in [9.17, 15) is 9.59 Å². The lowest BCUT2D eigenvalue weighted by Crippen LogP contribution is -2.19. The van der Waals surface area contributed by atoms with Crippen molar-refractivity contribution in [1.82, 2.24) is 0 Å². The van der Waals surface area contributed by atoms with Gasteiger partial charge in [-0.05, 0) is 0 Å². The Hall–Kier alpha value is -1.46. The van der Waals surface area contributed by atoms with E-state index in [0.717, 1.165) is 7.11 Å². The normalized spacial score (nSPS) is 21.9. The Bertz CT molecular complexity index is 176. The Morgan fingerprint density at radius 1 is 1.73 bits per heavy atom. The molecule has 0 spiro atoms. The maximum Gasteiger partial charge on any atom is 0.511 e. The second-order valence-corrected chi connectivity index (χ2v) is 1.68. The van der Waals surface area contributed by atoms with Gasteiger partial charge >= 0.3 is 12.3 Å². The maximum absolute atomic E-state index is 10.4. The van der Waals surface area contributed by atoms with Crippen LogP contribution in [-0.2, 0) is 18.9 Å². The van der Waals surface area contributed by atoms with Crippen LogP contribution >= 0.6 is 0 Å². The minimum Gasteiger partial charge on any atom is -0.438 e. The van der Waals surface area contributed by atoms with E-state index in [2.05, 4.69) is 18.9 Å². The van der Waals surface area contributed by atoms with E-state index in [4.69, 9.17) is 0 Å². The molecule has 1 rings (SSSR count). The number of methoxy groups -OCH3 is 1. The summed E-state index contributed by atoms with van der Waals surface area (Å²) in [6.07, 6.45) is -2.73. The van der Waals surface area contributed by atoms with Crippen molar-refractivity contribution in [1.29, 1.82) is 0 Å². The van der Waals surface area contributed by atoms with E-state index >= 15 is 0 Å². The molecule has 0 amide bonds. The fraction of sp³-hybridized carbons (Fsp3) is 0.600. The van der Waals surface area contributed by atoms with Crippen LogP contribution in [0.2, 0.25) is 0 Å². The molecule has 1 unspecified atom stereocenters. The highest BCUT2D eigenvalue weighted by Gasteiger charge is 2.28. The van der Waals surface area contributed by atoms with Gasteiger partial charge in [-0.2, -0.15) is 0 Å². The smallest absolute Gasteiger partial charge is 0.438 e. The van der Waals surface area contributed by atoms with Gasteiger partial charge in [0.05, 0.1) is 7.11 Å². The summed E-state index contributed by atoms with van der Waals surface area (Å²) in [6, 6.07) is 0. The predicted molar refractivity (Wildman–Crippen MR) is 29.7 cm³/mol. The Morgan fingerprint density at radius 3 is 2.91 bits per heavy atom. The van der Waals surface area contributed by atoms with E-state index in [1.807, 2.05) is 0 Å². The lowest BCUT2D eigenvalue weighted by molar-refractivity contribution is -0.0565. The highest BCUT2D eigenvalue weighted by atomic mass is 16.9. The Labute approximate surface area is 62.0 Å². The molecular weight excluding hydrogens is 156 g/mol. The summed E-state index contributed by atoms with van der Waals surface area (Å²) < 4.78 is 17.2. The summed E-state index contributed by atoms with van der Waals surface area (Å²) in [5.74, 6) is 0. The fourth-order valence-corrected chi connectivity index (χ4v) is 0.525. The van der Waals surface area contributed by atoms with Crippen molar-refractivity contribution >= 4 is 12.3 Å². The van der Waals surface area contributed by atoms with Gasteiger partial charge in [0.2, 0.25) is 0 Å². The molecule has 62 valence electrons. The van der Waals surface area contributed by atoms with Crippen molar-refractivity contribution in [3.8, 4) is 0 Å². The van der Waals surface area contributed by atoms with Gasteiger partial charge in [0.15, 0.2) is 6.61 Å². The van der Waals surface area contributed by atoms with Gasteiger partial charge in [0.1, 0.15) is 0 Å². The van der Waals surface area contributed by atoms with Crippen LogP contribution in [-0.4, -0.2) is 32.3 Å². The van der Waals surface area contributed by atoms with Gasteiger partial charge in [0, 0.05) is 0 Å². The third-order valence-corrected chi connectivity index (χ3v) is 0.959. The first kappa shape index (κ1) is 7.64. The van der Waals surface area contributed by atoms with Crippen molar-refractivity contribution in [3.63, 3.8) is 0 Å². The molecule has 11 heavy (non-hydrogen) atoms. The molecule has 0 aliphatic carbocycles. The molecule has 0 N–H and O–H groups in total. The van der Waals surface area contributed by atoms with E-state index < -0.39 is 18.6 Å². The van der Waals surface area contributed by atoms with E-state index in [-0.39, 0.29) is 6.61 Å². The van der Waals surface area contributed by atoms with Crippen molar-refractivity contribution in [2.75, 3.05) is 13.7 Å². The number of hydrogen-bond donors (Lipinski definition) is 0. The van der Waals surface area contributed by atoms with E-state index in [1.54, 1.807) is 0 Å². The van der Waals surface area contributed by atoms with E-state index in [0.29, 0.717) is 0 Å². The highest BCUT2D eigenvalue weighted by Crippen LogP contribution is 2.07. The zero-order chi connectivity index (χ0) is 8.27. The second-order valence-electron chi connectivity index (χ2n) is 1.68. The average molecular weight is 162 g/mol. The quantitative estimate of drug-likeness (QED) is 0.515.